The van der Waals surface area contributed by atoms with E-state index < -0.39 is 0 Å². The molecule has 0 aromatic heterocycles. The third-order valence-electron chi connectivity index (χ3n) is 6.27. The first kappa shape index (κ1) is 25.7. The fourth-order valence-corrected chi connectivity index (χ4v) is 4.39. The van der Waals surface area contributed by atoms with Gasteiger partial charge in [-0.1, -0.05) is 86.3 Å². The number of nitrogens with zero attached hydrogens (tertiary/aromatic N) is 1. The molecule has 1 aliphatic heterocycles. The van der Waals surface area contributed by atoms with Crippen LogP contribution in [0.2, 0.25) is 0 Å². The fraction of sp³-hybridized carbons (Fsp3) is 0.188. The standard InChI is InChI=1S/C32H32N2O3/c1-3-29(25-10-6-4-7-11-25)32(26-12-8-5-9-13-26)27-14-16-28(17-15-27)37-23-21-33-24(2)20-22-34-30(35)18-19-31(34)36/h4-19,33H,2-3,20-23H2,1H3/b32-29+. The molecule has 5 heteroatoms. The highest BCUT2D eigenvalue weighted by molar-refractivity contribution is 6.12. The van der Waals surface area contributed by atoms with Crippen molar-refractivity contribution in [2.24, 2.45) is 0 Å². The Hall–Kier alpha value is -4.38. The van der Waals surface area contributed by atoms with Crippen molar-refractivity contribution in [1.82, 2.24) is 10.2 Å². The van der Waals surface area contributed by atoms with Crippen molar-refractivity contribution in [3.63, 3.8) is 0 Å². The van der Waals surface area contributed by atoms with Gasteiger partial charge in [0.05, 0.1) is 0 Å². The maximum Gasteiger partial charge on any atom is 0.253 e. The van der Waals surface area contributed by atoms with E-state index in [1.54, 1.807) is 0 Å². The molecule has 0 aliphatic carbocycles. The first-order valence-corrected chi connectivity index (χ1v) is 12.6. The Morgan fingerprint density at radius 1 is 0.811 bits per heavy atom. The van der Waals surface area contributed by atoms with Gasteiger partial charge < -0.3 is 10.1 Å². The van der Waals surface area contributed by atoms with E-state index in [0.717, 1.165) is 23.4 Å². The van der Waals surface area contributed by atoms with Gasteiger partial charge in [-0.15, -0.1) is 0 Å². The van der Waals surface area contributed by atoms with E-state index in [1.165, 1.54) is 39.3 Å². The van der Waals surface area contributed by atoms with E-state index in [1.807, 2.05) is 24.3 Å². The fourth-order valence-electron chi connectivity index (χ4n) is 4.39. The summed E-state index contributed by atoms with van der Waals surface area (Å²) in [5, 5.41) is 3.20. The smallest absolute Gasteiger partial charge is 0.253 e. The number of amides is 2. The summed E-state index contributed by atoms with van der Waals surface area (Å²) < 4.78 is 5.93. The van der Waals surface area contributed by atoms with Crippen LogP contribution in [0.15, 0.2) is 109 Å². The number of benzene rings is 3. The second-order valence-electron chi connectivity index (χ2n) is 8.75. The molecule has 2 amide bonds. The number of hydrogen-bond donors (Lipinski definition) is 1. The molecule has 0 atom stereocenters. The number of nitrogens with one attached hydrogen (secondary N) is 1. The van der Waals surface area contributed by atoms with Crippen LogP contribution in [0.25, 0.3) is 11.1 Å². The minimum absolute atomic E-state index is 0.273. The van der Waals surface area contributed by atoms with E-state index in [0.29, 0.717) is 26.1 Å². The van der Waals surface area contributed by atoms with E-state index in [9.17, 15) is 9.59 Å². The molecule has 3 aromatic carbocycles. The Kier molecular flexibility index (Phi) is 8.71. The summed E-state index contributed by atoms with van der Waals surface area (Å²) in [5.74, 6) is 0.245. The summed E-state index contributed by atoms with van der Waals surface area (Å²) >= 11 is 0. The Morgan fingerprint density at radius 3 is 1.97 bits per heavy atom. The highest BCUT2D eigenvalue weighted by atomic mass is 16.5. The number of imide groups is 1. The SMILES string of the molecule is C=C(CCN1C(=O)C=CC1=O)NCCOc1ccc(/C(=C(\CC)c2ccccc2)c2ccccc2)cc1. The number of carbonyl (C=O) groups is 2. The van der Waals surface area contributed by atoms with Crippen LogP contribution in [0.4, 0.5) is 0 Å². The molecular formula is C32H32N2O3. The number of ether oxygens (including phenoxy) is 1. The monoisotopic (exact) mass is 492 g/mol. The summed E-state index contributed by atoms with van der Waals surface area (Å²) in [6.07, 6.45) is 4.00. The summed E-state index contributed by atoms with van der Waals surface area (Å²) in [7, 11) is 0. The third-order valence-corrected chi connectivity index (χ3v) is 6.27. The number of rotatable bonds is 12. The number of hydrogen-bond acceptors (Lipinski definition) is 4. The van der Waals surface area contributed by atoms with Crippen LogP contribution in [0, 0.1) is 0 Å². The van der Waals surface area contributed by atoms with Crippen molar-refractivity contribution < 1.29 is 14.3 Å². The van der Waals surface area contributed by atoms with Gasteiger partial charge in [0, 0.05) is 37.4 Å². The van der Waals surface area contributed by atoms with Crippen LogP contribution >= 0.6 is 0 Å². The summed E-state index contributed by atoms with van der Waals surface area (Å²) in [4.78, 5) is 24.5. The molecular weight excluding hydrogens is 460 g/mol. The van der Waals surface area contributed by atoms with E-state index in [4.69, 9.17) is 4.74 Å². The topological polar surface area (TPSA) is 58.6 Å². The van der Waals surface area contributed by atoms with Gasteiger partial charge in [-0.25, -0.2) is 0 Å². The lowest BCUT2D eigenvalue weighted by Gasteiger charge is -2.17. The van der Waals surface area contributed by atoms with E-state index in [2.05, 4.69) is 79.5 Å². The summed E-state index contributed by atoms with van der Waals surface area (Å²) in [6, 6.07) is 29.3. The van der Waals surface area contributed by atoms with Gasteiger partial charge in [-0.2, -0.15) is 0 Å². The van der Waals surface area contributed by atoms with Gasteiger partial charge in [-0.3, -0.25) is 14.5 Å². The van der Waals surface area contributed by atoms with Crippen LogP contribution in [0.3, 0.4) is 0 Å². The molecule has 0 spiro atoms. The maximum atomic E-state index is 11.6. The molecule has 1 aliphatic rings. The van der Waals surface area contributed by atoms with Gasteiger partial charge >= 0.3 is 0 Å². The average Bonchev–Trinajstić information content (AvgIpc) is 3.26. The third kappa shape index (κ3) is 6.64. The van der Waals surface area contributed by atoms with Crippen molar-refractivity contribution in [3.05, 3.63) is 126 Å². The molecule has 37 heavy (non-hydrogen) atoms. The largest absolute Gasteiger partial charge is 0.492 e. The molecule has 4 rings (SSSR count). The van der Waals surface area contributed by atoms with Crippen molar-refractivity contribution in [3.8, 4) is 5.75 Å². The van der Waals surface area contributed by atoms with Crippen molar-refractivity contribution in [2.75, 3.05) is 19.7 Å². The minimum Gasteiger partial charge on any atom is -0.492 e. The van der Waals surface area contributed by atoms with Crippen LogP contribution < -0.4 is 10.1 Å². The molecule has 0 unspecified atom stereocenters. The first-order chi connectivity index (χ1) is 18.1. The van der Waals surface area contributed by atoms with Gasteiger partial charge in [0.25, 0.3) is 11.8 Å². The predicted octanol–water partition coefficient (Wildman–Crippen LogP) is 5.85. The Morgan fingerprint density at radius 2 is 1.38 bits per heavy atom. The molecule has 0 radical (unpaired) electrons. The van der Waals surface area contributed by atoms with Gasteiger partial charge in [0.15, 0.2) is 0 Å². The quantitative estimate of drug-likeness (QED) is 0.196. The molecule has 0 fully saturated rings. The van der Waals surface area contributed by atoms with Crippen molar-refractivity contribution in [1.29, 1.82) is 0 Å². The molecule has 3 aromatic rings. The van der Waals surface area contributed by atoms with E-state index >= 15 is 0 Å². The van der Waals surface area contributed by atoms with Crippen molar-refractivity contribution >= 4 is 23.0 Å². The number of carbonyl (C=O) groups excluding carboxylic acids is 2. The number of allylic oxidation sites excluding steroid dienone is 1. The Bertz CT molecular complexity index is 1270. The molecule has 0 saturated heterocycles. The van der Waals surface area contributed by atoms with Crippen LogP contribution in [0.1, 0.15) is 36.5 Å². The summed E-state index contributed by atoms with van der Waals surface area (Å²) in [5.41, 5.74) is 6.85. The van der Waals surface area contributed by atoms with Crippen LogP contribution in [-0.2, 0) is 9.59 Å². The predicted molar refractivity (Wildman–Crippen MR) is 149 cm³/mol. The Balaban J connectivity index is 1.37. The van der Waals surface area contributed by atoms with Gasteiger partial charge in [0.2, 0.25) is 0 Å². The summed E-state index contributed by atoms with van der Waals surface area (Å²) in [6.45, 7) is 7.53. The molecule has 188 valence electrons. The molecule has 0 saturated carbocycles. The molecule has 1 N–H and O–H groups in total. The molecule has 1 heterocycles. The van der Waals surface area contributed by atoms with Crippen LogP contribution in [-0.4, -0.2) is 36.4 Å². The van der Waals surface area contributed by atoms with Crippen LogP contribution in [0.5, 0.6) is 5.75 Å². The first-order valence-electron chi connectivity index (χ1n) is 12.6. The normalized spacial score (nSPS) is 13.5. The second kappa shape index (κ2) is 12.5. The van der Waals surface area contributed by atoms with Gasteiger partial charge in [-0.05, 0) is 46.4 Å². The lowest BCUT2D eigenvalue weighted by Crippen LogP contribution is -2.32. The minimum atomic E-state index is -0.273. The van der Waals surface area contributed by atoms with E-state index in [-0.39, 0.29) is 11.8 Å². The van der Waals surface area contributed by atoms with Gasteiger partial charge in [0.1, 0.15) is 12.4 Å². The Labute approximate surface area is 218 Å². The lowest BCUT2D eigenvalue weighted by atomic mass is 9.88. The van der Waals surface area contributed by atoms with Crippen molar-refractivity contribution in [2.45, 2.75) is 19.8 Å². The molecule has 5 nitrogen and oxygen atoms in total. The lowest BCUT2D eigenvalue weighted by molar-refractivity contribution is -0.136. The zero-order valence-electron chi connectivity index (χ0n) is 21.2. The molecule has 0 bridgehead atoms. The second-order valence-corrected chi connectivity index (χ2v) is 8.75. The zero-order chi connectivity index (χ0) is 26.0. The maximum absolute atomic E-state index is 11.6. The highest BCUT2D eigenvalue weighted by Crippen LogP contribution is 2.34. The highest BCUT2D eigenvalue weighted by Gasteiger charge is 2.22. The zero-order valence-corrected chi connectivity index (χ0v) is 21.2. The average molecular weight is 493 g/mol.